The Kier molecular flexibility index (Phi) is 3.43. The summed E-state index contributed by atoms with van der Waals surface area (Å²) in [5.74, 6) is 0. The monoisotopic (exact) mass is 135 g/mol. The van der Waals surface area contributed by atoms with Crippen LogP contribution in [-0.2, 0) is 4.18 Å². The normalized spacial score (nSPS) is 9.38. The Hall–Kier alpha value is -0.380. The molecule has 4 heteroatoms. The summed E-state index contributed by atoms with van der Waals surface area (Å²) in [6, 6.07) is 0. The van der Waals surface area contributed by atoms with Gasteiger partial charge in [0.15, 0.2) is 0 Å². The number of rotatable bonds is 2. The van der Waals surface area contributed by atoms with Crippen LogP contribution < -0.4 is 5.73 Å². The van der Waals surface area contributed by atoms with Crippen molar-refractivity contribution in [2.45, 2.75) is 19.1 Å². The molecule has 0 heterocycles. The third-order valence-corrected chi connectivity index (χ3v) is 0.968. The molecule has 0 bridgehead atoms. The highest BCUT2D eigenvalue weighted by atomic mass is 32.2. The predicted molar refractivity (Wildman–Crippen MR) is 33.4 cm³/mol. The first-order valence-electron chi connectivity index (χ1n) is 2.25. The van der Waals surface area contributed by atoms with E-state index < -0.39 is 6.09 Å². The number of amides is 1. The van der Waals surface area contributed by atoms with Gasteiger partial charge in [0.2, 0.25) is 0 Å². The average molecular weight is 135 g/mol. The number of carbonyl (C=O) groups is 1. The van der Waals surface area contributed by atoms with Crippen molar-refractivity contribution >= 4 is 18.1 Å². The Morgan fingerprint density at radius 2 is 2.25 bits per heavy atom. The summed E-state index contributed by atoms with van der Waals surface area (Å²) in [6.45, 7) is 3.82. The Balaban J connectivity index is 3.05. The van der Waals surface area contributed by atoms with E-state index in [0.29, 0.717) is 0 Å². The molecule has 0 fully saturated rings. The van der Waals surface area contributed by atoms with Crippen LogP contribution in [0.25, 0.3) is 0 Å². The van der Waals surface area contributed by atoms with Gasteiger partial charge in [-0.15, -0.1) is 0 Å². The van der Waals surface area contributed by atoms with E-state index in [0.717, 1.165) is 12.0 Å². The average Bonchev–Trinajstić information content (AvgIpc) is 1.61. The maximum absolute atomic E-state index is 9.88. The lowest BCUT2D eigenvalue weighted by molar-refractivity contribution is 0.218. The third-order valence-electron chi connectivity index (χ3n) is 0.323. The van der Waals surface area contributed by atoms with Gasteiger partial charge in [-0.2, -0.15) is 0 Å². The standard InChI is InChI=1S/C4H9NO2S/c1-3(2)8-7-4(5)6/h3H,1-2H3,(H2,5,6). The maximum Gasteiger partial charge on any atom is 0.416 e. The molecule has 0 unspecified atom stereocenters. The van der Waals surface area contributed by atoms with Gasteiger partial charge >= 0.3 is 6.09 Å². The summed E-state index contributed by atoms with van der Waals surface area (Å²) in [5, 5.41) is 0.280. The number of nitrogens with two attached hydrogens (primary N) is 1. The number of carbonyl (C=O) groups excluding carboxylic acids is 1. The molecular formula is C4H9NO2S. The second kappa shape index (κ2) is 3.60. The van der Waals surface area contributed by atoms with Crippen LogP contribution in [0.4, 0.5) is 4.79 Å². The molecule has 0 aliphatic heterocycles. The number of hydrogen-bond donors (Lipinski definition) is 1. The van der Waals surface area contributed by atoms with E-state index in [1.807, 2.05) is 13.8 Å². The van der Waals surface area contributed by atoms with Gasteiger partial charge in [-0.1, -0.05) is 13.8 Å². The lowest BCUT2D eigenvalue weighted by Crippen LogP contribution is -2.09. The summed E-state index contributed by atoms with van der Waals surface area (Å²) in [5.41, 5.74) is 4.66. The van der Waals surface area contributed by atoms with E-state index in [9.17, 15) is 4.79 Å². The molecular weight excluding hydrogens is 126 g/mol. The maximum atomic E-state index is 9.88. The lowest BCUT2D eigenvalue weighted by atomic mass is 10.6. The Morgan fingerprint density at radius 3 is 2.38 bits per heavy atom. The summed E-state index contributed by atoms with van der Waals surface area (Å²) in [7, 11) is 0. The molecule has 0 aromatic heterocycles. The highest BCUT2D eigenvalue weighted by Gasteiger charge is 1.97. The molecule has 0 saturated heterocycles. The Bertz CT molecular complexity index is 84.1. The van der Waals surface area contributed by atoms with Gasteiger partial charge in [-0.3, -0.25) is 0 Å². The highest BCUT2D eigenvalue weighted by Crippen LogP contribution is 2.08. The molecule has 0 aliphatic rings. The first kappa shape index (κ1) is 7.62. The molecule has 0 aliphatic carbocycles. The van der Waals surface area contributed by atoms with Gasteiger partial charge < -0.3 is 9.92 Å². The molecule has 0 saturated carbocycles. The van der Waals surface area contributed by atoms with E-state index in [-0.39, 0.29) is 5.25 Å². The largest absolute Gasteiger partial charge is 0.416 e. The van der Waals surface area contributed by atoms with Gasteiger partial charge in [0.25, 0.3) is 0 Å². The Morgan fingerprint density at radius 1 is 1.75 bits per heavy atom. The molecule has 0 rings (SSSR count). The minimum absolute atomic E-state index is 0.280. The van der Waals surface area contributed by atoms with Crippen molar-refractivity contribution < 1.29 is 8.98 Å². The van der Waals surface area contributed by atoms with Crippen LogP contribution >= 0.6 is 12.0 Å². The van der Waals surface area contributed by atoms with Gasteiger partial charge in [-0.05, 0) is 0 Å². The van der Waals surface area contributed by atoms with Crippen LogP contribution in [0.5, 0.6) is 0 Å². The van der Waals surface area contributed by atoms with Crippen molar-refractivity contribution in [1.82, 2.24) is 0 Å². The predicted octanol–water partition coefficient (Wildman–Crippen LogP) is 1.14. The van der Waals surface area contributed by atoms with Crippen LogP contribution in [-0.4, -0.2) is 11.3 Å². The molecule has 0 spiro atoms. The van der Waals surface area contributed by atoms with Crippen molar-refractivity contribution in [2.75, 3.05) is 0 Å². The fourth-order valence-electron chi connectivity index (χ4n) is 0.144. The minimum Gasteiger partial charge on any atom is -0.375 e. The van der Waals surface area contributed by atoms with Crippen molar-refractivity contribution in [3.63, 3.8) is 0 Å². The molecule has 0 aromatic rings. The zero-order valence-corrected chi connectivity index (χ0v) is 5.70. The highest BCUT2D eigenvalue weighted by molar-refractivity contribution is 7.95. The van der Waals surface area contributed by atoms with E-state index >= 15 is 0 Å². The van der Waals surface area contributed by atoms with Gasteiger partial charge in [0, 0.05) is 5.25 Å². The third kappa shape index (κ3) is 5.62. The molecule has 0 aromatic carbocycles. The second-order valence-electron chi connectivity index (χ2n) is 1.55. The van der Waals surface area contributed by atoms with E-state index in [1.165, 1.54) is 0 Å². The molecule has 0 atom stereocenters. The SMILES string of the molecule is CC(C)SOC(N)=O. The topological polar surface area (TPSA) is 52.3 Å². The Labute approximate surface area is 52.8 Å². The van der Waals surface area contributed by atoms with Crippen LogP contribution in [0.3, 0.4) is 0 Å². The van der Waals surface area contributed by atoms with Crippen LogP contribution in [0.1, 0.15) is 13.8 Å². The fourth-order valence-corrected chi connectivity index (χ4v) is 0.431. The fraction of sp³-hybridized carbons (Fsp3) is 0.750. The van der Waals surface area contributed by atoms with Gasteiger partial charge in [0.1, 0.15) is 0 Å². The van der Waals surface area contributed by atoms with Crippen LogP contribution in [0.2, 0.25) is 0 Å². The van der Waals surface area contributed by atoms with Crippen molar-refractivity contribution in [3.8, 4) is 0 Å². The van der Waals surface area contributed by atoms with Gasteiger partial charge in [-0.25, -0.2) is 4.79 Å². The smallest absolute Gasteiger partial charge is 0.375 e. The van der Waals surface area contributed by atoms with E-state index in [4.69, 9.17) is 0 Å². The lowest BCUT2D eigenvalue weighted by Gasteiger charge is -1.99. The zero-order valence-electron chi connectivity index (χ0n) is 4.88. The van der Waals surface area contributed by atoms with E-state index in [2.05, 4.69) is 9.92 Å². The molecule has 48 valence electrons. The minimum atomic E-state index is -0.733. The molecule has 2 N–H and O–H groups in total. The number of primary amides is 1. The summed E-state index contributed by atoms with van der Waals surface area (Å²) in [6.07, 6.45) is -0.733. The second-order valence-corrected chi connectivity index (χ2v) is 2.85. The van der Waals surface area contributed by atoms with Gasteiger partial charge in [0.05, 0.1) is 12.0 Å². The molecule has 1 amide bonds. The van der Waals surface area contributed by atoms with Crippen LogP contribution in [0.15, 0.2) is 0 Å². The number of hydrogen-bond acceptors (Lipinski definition) is 3. The summed E-state index contributed by atoms with van der Waals surface area (Å²) in [4.78, 5) is 9.88. The first-order chi connectivity index (χ1) is 3.63. The van der Waals surface area contributed by atoms with E-state index in [1.54, 1.807) is 0 Å². The summed E-state index contributed by atoms with van der Waals surface area (Å²) >= 11 is 1.06. The molecule has 0 radical (unpaired) electrons. The molecule has 8 heavy (non-hydrogen) atoms. The van der Waals surface area contributed by atoms with Crippen molar-refractivity contribution in [1.29, 1.82) is 0 Å². The molecule has 3 nitrogen and oxygen atoms in total. The van der Waals surface area contributed by atoms with Crippen molar-refractivity contribution in [2.24, 2.45) is 5.73 Å². The summed E-state index contributed by atoms with van der Waals surface area (Å²) < 4.78 is 4.36. The zero-order chi connectivity index (χ0) is 6.57. The van der Waals surface area contributed by atoms with Crippen LogP contribution in [0, 0.1) is 0 Å². The first-order valence-corrected chi connectivity index (χ1v) is 3.06. The van der Waals surface area contributed by atoms with Crippen molar-refractivity contribution in [3.05, 3.63) is 0 Å². The quantitative estimate of drug-likeness (QED) is 0.577.